The lowest BCUT2D eigenvalue weighted by molar-refractivity contribution is -0.126. The molecule has 26 heavy (non-hydrogen) atoms. The SMILES string of the molecule is Nc1nc(-c2cccs2)c(CCC(=O)NCC(=O)NC2CCCCC2)s1. The molecule has 6 nitrogen and oxygen atoms in total. The van der Waals surface area contributed by atoms with Crippen LogP contribution in [0.5, 0.6) is 0 Å². The van der Waals surface area contributed by atoms with Crippen LogP contribution in [0.15, 0.2) is 17.5 Å². The van der Waals surface area contributed by atoms with Crippen molar-refractivity contribution in [2.75, 3.05) is 12.3 Å². The molecule has 0 atom stereocenters. The van der Waals surface area contributed by atoms with E-state index < -0.39 is 0 Å². The van der Waals surface area contributed by atoms with Gasteiger partial charge < -0.3 is 16.4 Å². The fourth-order valence-corrected chi connectivity index (χ4v) is 4.82. The van der Waals surface area contributed by atoms with E-state index >= 15 is 0 Å². The Labute approximate surface area is 161 Å². The van der Waals surface area contributed by atoms with Crippen molar-refractivity contribution in [2.24, 2.45) is 0 Å². The van der Waals surface area contributed by atoms with E-state index in [1.54, 1.807) is 11.3 Å². The van der Waals surface area contributed by atoms with Gasteiger partial charge in [-0.1, -0.05) is 25.3 Å². The quantitative estimate of drug-likeness (QED) is 0.675. The third-order valence-electron chi connectivity index (χ3n) is 4.46. The molecule has 2 aromatic heterocycles. The zero-order valence-corrected chi connectivity index (χ0v) is 16.3. The van der Waals surface area contributed by atoms with Crippen LogP contribution in [-0.4, -0.2) is 29.4 Å². The number of amides is 2. The molecule has 0 aliphatic heterocycles. The molecule has 3 rings (SSSR count). The van der Waals surface area contributed by atoms with Crippen LogP contribution < -0.4 is 16.4 Å². The Morgan fingerprint density at radius 1 is 1.23 bits per heavy atom. The number of carbonyl (C=O) groups is 2. The predicted octanol–water partition coefficient (Wildman–Crippen LogP) is 2.95. The maximum atomic E-state index is 12.1. The minimum atomic E-state index is -0.132. The zero-order chi connectivity index (χ0) is 18.4. The number of carbonyl (C=O) groups excluding carboxylic acids is 2. The van der Waals surface area contributed by atoms with Crippen LogP contribution in [0, 0.1) is 0 Å². The number of hydrogen-bond donors (Lipinski definition) is 3. The van der Waals surface area contributed by atoms with Gasteiger partial charge in [-0.2, -0.15) is 0 Å². The van der Waals surface area contributed by atoms with Gasteiger partial charge in [0, 0.05) is 17.3 Å². The highest BCUT2D eigenvalue weighted by Crippen LogP contribution is 2.33. The van der Waals surface area contributed by atoms with E-state index in [0.29, 0.717) is 18.0 Å². The van der Waals surface area contributed by atoms with Gasteiger partial charge >= 0.3 is 0 Å². The third kappa shape index (κ3) is 5.28. The highest BCUT2D eigenvalue weighted by Gasteiger charge is 2.17. The van der Waals surface area contributed by atoms with E-state index in [9.17, 15) is 9.59 Å². The molecule has 1 aliphatic rings. The summed E-state index contributed by atoms with van der Waals surface area (Å²) in [7, 11) is 0. The lowest BCUT2D eigenvalue weighted by Gasteiger charge is -2.22. The number of anilines is 1. The molecule has 0 unspecified atom stereocenters. The van der Waals surface area contributed by atoms with Crippen LogP contribution in [0.4, 0.5) is 5.13 Å². The van der Waals surface area contributed by atoms with Crippen molar-refractivity contribution < 1.29 is 9.59 Å². The highest BCUT2D eigenvalue weighted by atomic mass is 32.1. The van der Waals surface area contributed by atoms with E-state index in [4.69, 9.17) is 5.73 Å². The molecule has 0 spiro atoms. The number of nitrogens with two attached hydrogens (primary N) is 1. The van der Waals surface area contributed by atoms with Gasteiger partial charge in [-0.05, 0) is 30.7 Å². The zero-order valence-electron chi connectivity index (χ0n) is 14.6. The molecule has 140 valence electrons. The largest absolute Gasteiger partial charge is 0.375 e. The number of aryl methyl sites for hydroxylation is 1. The number of thiazole rings is 1. The van der Waals surface area contributed by atoms with Crippen LogP contribution in [0.25, 0.3) is 10.6 Å². The first kappa shape index (κ1) is 18.8. The molecule has 8 heteroatoms. The van der Waals surface area contributed by atoms with Crippen LogP contribution in [0.3, 0.4) is 0 Å². The van der Waals surface area contributed by atoms with Gasteiger partial charge in [-0.15, -0.1) is 22.7 Å². The molecule has 1 saturated carbocycles. The van der Waals surface area contributed by atoms with E-state index in [1.807, 2.05) is 17.5 Å². The number of nitrogens with one attached hydrogen (secondary N) is 2. The first-order valence-corrected chi connectivity index (χ1v) is 10.7. The summed E-state index contributed by atoms with van der Waals surface area (Å²) in [5.74, 6) is -0.237. The lowest BCUT2D eigenvalue weighted by Crippen LogP contribution is -2.42. The summed E-state index contributed by atoms with van der Waals surface area (Å²) in [5, 5.41) is 8.21. The van der Waals surface area contributed by atoms with Gasteiger partial charge in [0.2, 0.25) is 11.8 Å². The maximum Gasteiger partial charge on any atom is 0.239 e. The van der Waals surface area contributed by atoms with Crippen molar-refractivity contribution in [1.29, 1.82) is 0 Å². The van der Waals surface area contributed by atoms with Gasteiger partial charge in [-0.3, -0.25) is 9.59 Å². The molecule has 0 aromatic carbocycles. The summed E-state index contributed by atoms with van der Waals surface area (Å²) in [6.07, 6.45) is 6.55. The summed E-state index contributed by atoms with van der Waals surface area (Å²) in [6, 6.07) is 4.23. The minimum absolute atomic E-state index is 0.0396. The minimum Gasteiger partial charge on any atom is -0.375 e. The number of aromatic nitrogens is 1. The number of rotatable bonds is 7. The highest BCUT2D eigenvalue weighted by molar-refractivity contribution is 7.17. The fraction of sp³-hybridized carbons (Fsp3) is 0.500. The first-order chi connectivity index (χ1) is 12.6. The molecule has 1 aliphatic carbocycles. The van der Waals surface area contributed by atoms with Gasteiger partial charge in [0.1, 0.15) is 0 Å². The molecule has 0 bridgehead atoms. The monoisotopic (exact) mass is 392 g/mol. The number of hydrogen-bond acceptors (Lipinski definition) is 6. The molecular weight excluding hydrogens is 368 g/mol. The second-order valence-corrected chi connectivity index (χ2v) is 8.54. The Morgan fingerprint density at radius 2 is 2.04 bits per heavy atom. The van der Waals surface area contributed by atoms with E-state index in [1.165, 1.54) is 30.6 Å². The summed E-state index contributed by atoms with van der Waals surface area (Å²) >= 11 is 3.02. The molecule has 1 fully saturated rings. The van der Waals surface area contributed by atoms with Gasteiger partial charge in [0.25, 0.3) is 0 Å². The average Bonchev–Trinajstić information content (AvgIpc) is 3.28. The number of nitrogen functional groups attached to an aromatic ring is 1. The number of nitrogens with zero attached hydrogens (tertiary/aromatic N) is 1. The molecule has 0 radical (unpaired) electrons. The number of thiophene rings is 1. The van der Waals surface area contributed by atoms with Crippen LogP contribution in [0.2, 0.25) is 0 Å². The summed E-state index contributed by atoms with van der Waals surface area (Å²) in [5.41, 5.74) is 6.70. The summed E-state index contributed by atoms with van der Waals surface area (Å²) < 4.78 is 0. The van der Waals surface area contributed by atoms with Crippen molar-refractivity contribution in [2.45, 2.75) is 51.0 Å². The summed E-state index contributed by atoms with van der Waals surface area (Å²) in [6.45, 7) is 0.0396. The van der Waals surface area contributed by atoms with Gasteiger partial charge in [0.05, 0.1) is 17.1 Å². The van der Waals surface area contributed by atoms with Crippen molar-refractivity contribution in [1.82, 2.24) is 15.6 Å². The van der Waals surface area contributed by atoms with Crippen molar-refractivity contribution in [3.8, 4) is 10.6 Å². The Morgan fingerprint density at radius 3 is 2.77 bits per heavy atom. The van der Waals surface area contributed by atoms with Crippen LogP contribution >= 0.6 is 22.7 Å². The van der Waals surface area contributed by atoms with E-state index in [2.05, 4.69) is 15.6 Å². The second-order valence-electron chi connectivity index (χ2n) is 6.48. The fourth-order valence-electron chi connectivity index (χ4n) is 3.17. The predicted molar refractivity (Wildman–Crippen MR) is 106 cm³/mol. The molecule has 2 aromatic rings. The van der Waals surface area contributed by atoms with Crippen molar-refractivity contribution in [3.63, 3.8) is 0 Å². The molecule has 2 heterocycles. The average molecular weight is 393 g/mol. The van der Waals surface area contributed by atoms with Gasteiger partial charge in [-0.25, -0.2) is 4.98 Å². The molecule has 0 saturated heterocycles. The first-order valence-electron chi connectivity index (χ1n) is 8.97. The smallest absolute Gasteiger partial charge is 0.239 e. The van der Waals surface area contributed by atoms with E-state index in [0.717, 1.165) is 28.3 Å². The standard InChI is InChI=1S/C18H24N4O2S2/c19-18-22-17(13-7-4-10-25-13)14(26-18)8-9-15(23)20-11-16(24)21-12-5-2-1-3-6-12/h4,7,10,12H,1-3,5-6,8-9,11H2,(H2,19,22)(H,20,23)(H,21,24). The normalized spacial score (nSPS) is 14.9. The maximum absolute atomic E-state index is 12.1. The molecular formula is C18H24N4O2S2. The molecule has 2 amide bonds. The Bertz CT molecular complexity index is 736. The van der Waals surface area contributed by atoms with Crippen LogP contribution in [-0.2, 0) is 16.0 Å². The topological polar surface area (TPSA) is 97.1 Å². The Balaban J connectivity index is 1.44. The second kappa shape index (κ2) is 9.14. The van der Waals surface area contributed by atoms with Crippen LogP contribution in [0.1, 0.15) is 43.4 Å². The molecule has 4 N–H and O–H groups in total. The van der Waals surface area contributed by atoms with E-state index in [-0.39, 0.29) is 24.4 Å². The van der Waals surface area contributed by atoms with Crippen molar-refractivity contribution >= 4 is 39.6 Å². The Hall–Kier alpha value is -1.93. The lowest BCUT2D eigenvalue weighted by atomic mass is 9.95. The summed E-state index contributed by atoms with van der Waals surface area (Å²) in [4.78, 5) is 30.5. The van der Waals surface area contributed by atoms with Gasteiger partial charge in [0.15, 0.2) is 5.13 Å². The Kier molecular flexibility index (Phi) is 6.62. The third-order valence-corrected chi connectivity index (χ3v) is 6.28. The van der Waals surface area contributed by atoms with Crippen molar-refractivity contribution in [3.05, 3.63) is 22.4 Å².